The summed E-state index contributed by atoms with van der Waals surface area (Å²) in [5.41, 5.74) is 0.744. The zero-order valence-electron chi connectivity index (χ0n) is 9.15. The highest BCUT2D eigenvalue weighted by Crippen LogP contribution is 2.31. The molecule has 0 aromatic carbocycles. The molecule has 0 aliphatic rings. The van der Waals surface area contributed by atoms with E-state index in [1.807, 2.05) is 14.0 Å². The summed E-state index contributed by atoms with van der Waals surface area (Å²) in [6.45, 7) is 10.5. The fourth-order valence-electron chi connectivity index (χ4n) is 1.56. The van der Waals surface area contributed by atoms with Crippen LogP contribution in [0.15, 0.2) is 0 Å². The topological polar surface area (TPSA) is 35.9 Å². The van der Waals surface area contributed by atoms with Crippen molar-refractivity contribution in [3.63, 3.8) is 0 Å². The fraction of sp³-hybridized carbons (Fsp3) is 0.900. The Labute approximate surface area is 76.3 Å². The highest BCUT2D eigenvalue weighted by Gasteiger charge is 2.35. The maximum absolute atomic E-state index is 7.77. The smallest absolute Gasteiger partial charge is 0.0222 e. The molecule has 0 rings (SSSR count). The molecule has 0 aromatic heterocycles. The van der Waals surface area contributed by atoms with Crippen molar-refractivity contribution in [2.45, 2.75) is 40.7 Å². The molecule has 0 bridgehead atoms. The van der Waals surface area contributed by atoms with E-state index in [2.05, 4.69) is 33.0 Å². The van der Waals surface area contributed by atoms with Crippen LogP contribution in [0.5, 0.6) is 0 Å². The third-order valence-corrected chi connectivity index (χ3v) is 3.34. The molecule has 0 amide bonds. The summed E-state index contributed by atoms with van der Waals surface area (Å²) in [5, 5.41) is 11.0. The maximum Gasteiger partial charge on any atom is 0.0222 e. The molecule has 0 aromatic rings. The number of rotatable bonds is 4. The first kappa shape index (κ1) is 11.6. The summed E-state index contributed by atoms with van der Waals surface area (Å²) in [5.74, 6) is 0.498. The van der Waals surface area contributed by atoms with Gasteiger partial charge in [0.15, 0.2) is 0 Å². The monoisotopic (exact) mass is 170 g/mol. The zero-order valence-corrected chi connectivity index (χ0v) is 9.15. The van der Waals surface area contributed by atoms with E-state index in [1.54, 1.807) is 0 Å². The predicted octanol–water partition coefficient (Wildman–Crippen LogP) is 2.30. The van der Waals surface area contributed by atoms with Crippen LogP contribution in [0.25, 0.3) is 0 Å². The van der Waals surface area contributed by atoms with Gasteiger partial charge in [0.25, 0.3) is 0 Å². The van der Waals surface area contributed by atoms with E-state index in [0.717, 1.165) is 5.71 Å². The molecule has 0 aliphatic heterocycles. The lowest BCUT2D eigenvalue weighted by molar-refractivity contribution is 0.249. The van der Waals surface area contributed by atoms with Crippen LogP contribution in [0.4, 0.5) is 0 Å². The number of hydrogen-bond donors (Lipinski definition) is 2. The van der Waals surface area contributed by atoms with Crippen LogP contribution >= 0.6 is 0 Å². The Balaban J connectivity index is 4.74. The Morgan fingerprint density at radius 3 is 1.83 bits per heavy atom. The van der Waals surface area contributed by atoms with Crippen LogP contribution in [0.1, 0.15) is 34.6 Å². The molecular weight excluding hydrogens is 148 g/mol. The summed E-state index contributed by atoms with van der Waals surface area (Å²) in [4.78, 5) is 0. The molecule has 72 valence electrons. The van der Waals surface area contributed by atoms with Crippen molar-refractivity contribution in [3.8, 4) is 0 Å². The van der Waals surface area contributed by atoms with Crippen LogP contribution in [-0.4, -0.2) is 18.8 Å². The standard InChI is InChI=1S/C10H22N2/c1-7(2)10(5,8(3)11)9(4)12-6/h7,9,11-12H,1-6H3/t9-,10?/m1/s1. The van der Waals surface area contributed by atoms with Crippen LogP contribution in [0.2, 0.25) is 0 Å². The van der Waals surface area contributed by atoms with Gasteiger partial charge in [0.05, 0.1) is 0 Å². The van der Waals surface area contributed by atoms with Gasteiger partial charge in [-0.15, -0.1) is 0 Å². The van der Waals surface area contributed by atoms with Gasteiger partial charge < -0.3 is 10.7 Å². The van der Waals surface area contributed by atoms with E-state index in [9.17, 15) is 0 Å². The Hall–Kier alpha value is -0.370. The first-order valence-corrected chi connectivity index (χ1v) is 4.60. The summed E-state index contributed by atoms with van der Waals surface area (Å²) in [7, 11) is 1.95. The Morgan fingerprint density at radius 1 is 1.33 bits per heavy atom. The lowest BCUT2D eigenvalue weighted by Crippen LogP contribution is -2.47. The average molecular weight is 170 g/mol. The highest BCUT2D eigenvalue weighted by atomic mass is 14.9. The van der Waals surface area contributed by atoms with E-state index >= 15 is 0 Å². The van der Waals surface area contributed by atoms with Crippen molar-refractivity contribution < 1.29 is 0 Å². The molecule has 12 heavy (non-hydrogen) atoms. The predicted molar refractivity (Wildman–Crippen MR) is 54.9 cm³/mol. The molecule has 0 heterocycles. The summed E-state index contributed by atoms with van der Waals surface area (Å²) >= 11 is 0. The molecule has 0 radical (unpaired) electrons. The second kappa shape index (κ2) is 4.04. The maximum atomic E-state index is 7.77. The Morgan fingerprint density at radius 2 is 1.75 bits per heavy atom. The van der Waals surface area contributed by atoms with Gasteiger partial charge in [-0.1, -0.05) is 20.8 Å². The van der Waals surface area contributed by atoms with Crippen molar-refractivity contribution >= 4 is 5.71 Å². The molecule has 2 heteroatoms. The Kier molecular flexibility index (Phi) is 3.91. The molecule has 0 saturated heterocycles. The molecule has 0 saturated carbocycles. The van der Waals surface area contributed by atoms with Gasteiger partial charge in [-0.3, -0.25) is 0 Å². The van der Waals surface area contributed by atoms with Gasteiger partial charge >= 0.3 is 0 Å². The number of nitrogens with one attached hydrogen (secondary N) is 2. The minimum atomic E-state index is -0.0191. The lowest BCUT2D eigenvalue weighted by atomic mass is 9.70. The molecule has 2 N–H and O–H groups in total. The summed E-state index contributed by atoms with van der Waals surface area (Å²) < 4.78 is 0. The minimum Gasteiger partial charge on any atom is -0.316 e. The van der Waals surface area contributed by atoms with Crippen LogP contribution in [0.3, 0.4) is 0 Å². The van der Waals surface area contributed by atoms with Crippen LogP contribution < -0.4 is 5.32 Å². The largest absolute Gasteiger partial charge is 0.316 e. The molecule has 0 aliphatic carbocycles. The molecule has 1 unspecified atom stereocenters. The number of hydrogen-bond acceptors (Lipinski definition) is 2. The third-order valence-electron chi connectivity index (χ3n) is 3.34. The summed E-state index contributed by atoms with van der Waals surface area (Å²) in [6.07, 6.45) is 0. The normalized spacial score (nSPS) is 18.9. The average Bonchev–Trinajstić information content (AvgIpc) is 2.00. The third kappa shape index (κ3) is 1.86. The van der Waals surface area contributed by atoms with Gasteiger partial charge in [0.1, 0.15) is 0 Å². The molecule has 2 nitrogen and oxygen atoms in total. The van der Waals surface area contributed by atoms with Gasteiger partial charge in [0.2, 0.25) is 0 Å². The van der Waals surface area contributed by atoms with Crippen molar-refractivity contribution in [1.82, 2.24) is 5.32 Å². The van der Waals surface area contributed by atoms with E-state index in [1.165, 1.54) is 0 Å². The first-order valence-electron chi connectivity index (χ1n) is 4.60. The highest BCUT2D eigenvalue weighted by molar-refractivity contribution is 5.85. The fourth-order valence-corrected chi connectivity index (χ4v) is 1.56. The van der Waals surface area contributed by atoms with E-state index in [4.69, 9.17) is 5.41 Å². The van der Waals surface area contributed by atoms with E-state index in [-0.39, 0.29) is 5.41 Å². The van der Waals surface area contributed by atoms with Crippen molar-refractivity contribution in [1.29, 1.82) is 5.41 Å². The molecule has 0 fully saturated rings. The van der Waals surface area contributed by atoms with Gasteiger partial charge in [-0.05, 0) is 26.8 Å². The van der Waals surface area contributed by atoms with Gasteiger partial charge in [-0.2, -0.15) is 0 Å². The first-order chi connectivity index (χ1) is 5.37. The SMILES string of the molecule is CN[C@H](C)C(C)(C(C)=N)C(C)C. The zero-order chi connectivity index (χ0) is 9.94. The lowest BCUT2D eigenvalue weighted by Gasteiger charge is -2.38. The van der Waals surface area contributed by atoms with Crippen molar-refractivity contribution in [3.05, 3.63) is 0 Å². The van der Waals surface area contributed by atoms with Gasteiger partial charge in [0, 0.05) is 17.2 Å². The van der Waals surface area contributed by atoms with Crippen molar-refractivity contribution in [2.24, 2.45) is 11.3 Å². The quantitative estimate of drug-likeness (QED) is 0.624. The summed E-state index contributed by atoms with van der Waals surface area (Å²) in [6, 6.07) is 0.356. The molecular formula is C10H22N2. The second-order valence-electron chi connectivity index (χ2n) is 4.07. The van der Waals surface area contributed by atoms with E-state index < -0.39 is 0 Å². The van der Waals surface area contributed by atoms with E-state index in [0.29, 0.717) is 12.0 Å². The minimum absolute atomic E-state index is 0.0191. The van der Waals surface area contributed by atoms with Crippen LogP contribution in [0, 0.1) is 16.7 Å². The van der Waals surface area contributed by atoms with Crippen molar-refractivity contribution in [2.75, 3.05) is 7.05 Å². The molecule has 0 spiro atoms. The van der Waals surface area contributed by atoms with Gasteiger partial charge in [-0.25, -0.2) is 0 Å². The molecule has 2 atom stereocenters. The van der Waals surface area contributed by atoms with Crippen LogP contribution in [-0.2, 0) is 0 Å². The Bertz CT molecular complexity index is 163. The second-order valence-corrected chi connectivity index (χ2v) is 4.07.